The van der Waals surface area contributed by atoms with Crippen LogP contribution in [0.5, 0.6) is 0 Å². The Morgan fingerprint density at radius 3 is 2.31 bits per heavy atom. The van der Waals surface area contributed by atoms with Crippen molar-refractivity contribution in [2.45, 2.75) is 19.1 Å². The summed E-state index contributed by atoms with van der Waals surface area (Å²) in [6.45, 7) is 2.24. The minimum Gasteiger partial charge on any atom is -0.465 e. The van der Waals surface area contributed by atoms with E-state index in [1.165, 1.54) is 7.11 Å². The molecule has 4 rings (SSSR count). The Morgan fingerprint density at radius 1 is 1.00 bits per heavy atom. The smallest absolute Gasteiger partial charge is 0.337 e. The molecule has 0 saturated heterocycles. The van der Waals surface area contributed by atoms with Crippen LogP contribution in [-0.2, 0) is 21.7 Å². The first kappa shape index (κ1) is 18.9. The lowest BCUT2D eigenvalue weighted by molar-refractivity contribution is -0.132. The lowest BCUT2D eigenvalue weighted by atomic mass is 9.87. The van der Waals surface area contributed by atoms with E-state index in [4.69, 9.17) is 4.74 Å². The fourth-order valence-electron chi connectivity index (χ4n) is 3.71. The highest BCUT2D eigenvalue weighted by Crippen LogP contribution is 2.44. The molecule has 0 bridgehead atoms. The topological polar surface area (TPSA) is 66.8 Å². The molecule has 5 heteroatoms. The van der Waals surface area contributed by atoms with Gasteiger partial charge in [0.2, 0.25) is 0 Å². The molecule has 0 saturated carbocycles. The van der Waals surface area contributed by atoms with Gasteiger partial charge in [0.05, 0.1) is 24.9 Å². The van der Waals surface area contributed by atoms with Crippen molar-refractivity contribution in [1.29, 1.82) is 0 Å². The van der Waals surface area contributed by atoms with Gasteiger partial charge in [0.1, 0.15) is 0 Å². The molecule has 1 heterocycles. The van der Waals surface area contributed by atoms with Crippen molar-refractivity contribution in [1.82, 2.24) is 0 Å². The number of hydrogen-bond donors (Lipinski definition) is 1. The summed E-state index contributed by atoms with van der Waals surface area (Å²) < 4.78 is 4.72. The van der Waals surface area contributed by atoms with Gasteiger partial charge in [0.15, 0.2) is 5.60 Å². The van der Waals surface area contributed by atoms with Crippen molar-refractivity contribution in [2.75, 3.05) is 12.0 Å². The van der Waals surface area contributed by atoms with E-state index < -0.39 is 11.6 Å². The summed E-state index contributed by atoms with van der Waals surface area (Å²) in [4.78, 5) is 26.6. The molecule has 5 nitrogen and oxygen atoms in total. The molecule has 1 aliphatic rings. The maximum atomic E-state index is 13.4. The number of esters is 1. The van der Waals surface area contributed by atoms with Gasteiger partial charge in [-0.25, -0.2) is 4.79 Å². The highest BCUT2D eigenvalue weighted by Gasteiger charge is 2.50. The van der Waals surface area contributed by atoms with Crippen molar-refractivity contribution in [3.8, 4) is 0 Å². The SMILES string of the molecule is COC(=O)c1ccc(CN2C(=O)[C@@](O)(c3ccc(C)cc3)c3ccccc32)cc1. The third-order valence-electron chi connectivity index (χ3n) is 5.32. The molecule has 0 radical (unpaired) electrons. The molecule has 0 fully saturated rings. The number of para-hydroxylation sites is 1. The predicted molar refractivity (Wildman–Crippen MR) is 110 cm³/mol. The first-order chi connectivity index (χ1) is 13.9. The summed E-state index contributed by atoms with van der Waals surface area (Å²) in [6.07, 6.45) is 0. The molecule has 0 spiro atoms. The van der Waals surface area contributed by atoms with E-state index in [9.17, 15) is 14.7 Å². The van der Waals surface area contributed by atoms with Gasteiger partial charge in [-0.15, -0.1) is 0 Å². The molecule has 0 aromatic heterocycles. The van der Waals surface area contributed by atoms with Gasteiger partial charge in [-0.1, -0.05) is 60.2 Å². The number of carbonyl (C=O) groups excluding carboxylic acids is 2. The van der Waals surface area contributed by atoms with Crippen molar-refractivity contribution >= 4 is 17.6 Å². The highest BCUT2D eigenvalue weighted by molar-refractivity contribution is 6.09. The Morgan fingerprint density at radius 2 is 1.66 bits per heavy atom. The molecule has 3 aromatic rings. The number of aliphatic hydroxyl groups is 1. The quantitative estimate of drug-likeness (QED) is 0.695. The number of rotatable bonds is 4. The number of hydrogen-bond acceptors (Lipinski definition) is 4. The third-order valence-corrected chi connectivity index (χ3v) is 5.32. The Kier molecular flexibility index (Phi) is 4.68. The summed E-state index contributed by atoms with van der Waals surface area (Å²) in [6, 6.07) is 21.5. The molecule has 29 heavy (non-hydrogen) atoms. The van der Waals surface area contributed by atoms with Gasteiger partial charge in [-0.05, 0) is 36.2 Å². The third kappa shape index (κ3) is 3.09. The first-order valence-electron chi connectivity index (χ1n) is 9.33. The lowest BCUT2D eigenvalue weighted by Crippen LogP contribution is -2.40. The zero-order chi connectivity index (χ0) is 20.6. The zero-order valence-corrected chi connectivity index (χ0v) is 16.3. The van der Waals surface area contributed by atoms with Crippen LogP contribution in [0.4, 0.5) is 5.69 Å². The van der Waals surface area contributed by atoms with E-state index in [0.29, 0.717) is 22.4 Å². The van der Waals surface area contributed by atoms with Gasteiger partial charge in [-0.3, -0.25) is 4.79 Å². The van der Waals surface area contributed by atoms with Crippen LogP contribution in [0.15, 0.2) is 72.8 Å². The number of aryl methyl sites for hydroxylation is 1. The minimum absolute atomic E-state index is 0.283. The van der Waals surface area contributed by atoms with Crippen molar-refractivity contribution < 1.29 is 19.4 Å². The summed E-state index contributed by atoms with van der Waals surface area (Å²) in [5.41, 5.74) is 2.41. The maximum absolute atomic E-state index is 13.4. The number of carbonyl (C=O) groups is 2. The van der Waals surface area contributed by atoms with Gasteiger partial charge in [0, 0.05) is 5.56 Å². The molecule has 0 aliphatic carbocycles. The summed E-state index contributed by atoms with van der Waals surface area (Å²) in [7, 11) is 1.34. The van der Waals surface area contributed by atoms with E-state index >= 15 is 0 Å². The second kappa shape index (κ2) is 7.18. The second-order valence-corrected chi connectivity index (χ2v) is 7.17. The van der Waals surface area contributed by atoms with Crippen LogP contribution < -0.4 is 4.90 Å². The van der Waals surface area contributed by atoms with Crippen LogP contribution in [0.3, 0.4) is 0 Å². The van der Waals surface area contributed by atoms with Crippen molar-refractivity contribution in [3.05, 3.63) is 101 Å². The van der Waals surface area contributed by atoms with Crippen LogP contribution in [0.1, 0.15) is 32.6 Å². The normalized spacial score (nSPS) is 17.9. The first-order valence-corrected chi connectivity index (χ1v) is 9.33. The average Bonchev–Trinajstić information content (AvgIpc) is 2.97. The molecule has 1 N–H and O–H groups in total. The van der Waals surface area contributed by atoms with Gasteiger partial charge in [-0.2, -0.15) is 0 Å². The van der Waals surface area contributed by atoms with Gasteiger partial charge in [0.25, 0.3) is 5.91 Å². The van der Waals surface area contributed by atoms with Gasteiger partial charge < -0.3 is 14.7 Å². The molecule has 0 unspecified atom stereocenters. The molecule has 146 valence electrons. The fraction of sp³-hybridized carbons (Fsp3) is 0.167. The number of methoxy groups -OCH3 is 1. The van der Waals surface area contributed by atoms with E-state index in [0.717, 1.165) is 11.1 Å². The Labute approximate surface area is 169 Å². The second-order valence-electron chi connectivity index (χ2n) is 7.17. The van der Waals surface area contributed by atoms with E-state index in [2.05, 4.69) is 0 Å². The average molecular weight is 387 g/mol. The summed E-state index contributed by atoms with van der Waals surface area (Å²) >= 11 is 0. The number of anilines is 1. The molecule has 3 aromatic carbocycles. The maximum Gasteiger partial charge on any atom is 0.337 e. The van der Waals surface area contributed by atoms with Crippen LogP contribution in [0.25, 0.3) is 0 Å². The largest absolute Gasteiger partial charge is 0.465 e. The van der Waals surface area contributed by atoms with Crippen molar-refractivity contribution in [2.24, 2.45) is 0 Å². The lowest BCUT2D eigenvalue weighted by Gasteiger charge is -2.24. The number of fused-ring (bicyclic) bond motifs is 1. The fourth-order valence-corrected chi connectivity index (χ4v) is 3.71. The number of benzene rings is 3. The standard InChI is InChI=1S/C24H21NO4/c1-16-7-13-19(14-8-16)24(28)20-5-3-4-6-21(20)25(23(24)27)15-17-9-11-18(12-10-17)22(26)29-2/h3-14,28H,15H2,1-2H3/t24-/m1/s1. The Balaban J connectivity index is 1.71. The molecule has 1 aliphatic heterocycles. The monoisotopic (exact) mass is 387 g/mol. The Bertz CT molecular complexity index is 1070. The van der Waals surface area contributed by atoms with Crippen molar-refractivity contribution in [3.63, 3.8) is 0 Å². The van der Waals surface area contributed by atoms with Gasteiger partial charge >= 0.3 is 5.97 Å². The minimum atomic E-state index is -1.73. The number of nitrogens with zero attached hydrogens (tertiary/aromatic N) is 1. The number of ether oxygens (including phenoxy) is 1. The summed E-state index contributed by atoms with van der Waals surface area (Å²) in [5, 5.41) is 11.5. The number of amides is 1. The highest BCUT2D eigenvalue weighted by atomic mass is 16.5. The van der Waals surface area contributed by atoms with E-state index in [-0.39, 0.29) is 12.5 Å². The Hall–Kier alpha value is -3.44. The van der Waals surface area contributed by atoms with Crippen LogP contribution in [0.2, 0.25) is 0 Å². The van der Waals surface area contributed by atoms with E-state index in [1.807, 2.05) is 37.3 Å². The molecular weight excluding hydrogens is 366 g/mol. The van der Waals surface area contributed by atoms with E-state index in [1.54, 1.807) is 47.4 Å². The van der Waals surface area contributed by atoms with Crippen LogP contribution >= 0.6 is 0 Å². The molecule has 1 amide bonds. The summed E-state index contributed by atoms with van der Waals surface area (Å²) in [5.74, 6) is -0.799. The zero-order valence-electron chi connectivity index (χ0n) is 16.3. The van der Waals surface area contributed by atoms with Crippen LogP contribution in [-0.4, -0.2) is 24.1 Å². The molecular formula is C24H21NO4. The van der Waals surface area contributed by atoms with Crippen LogP contribution in [0, 0.1) is 6.92 Å². The molecule has 1 atom stereocenters. The predicted octanol–water partition coefficient (Wildman–Crippen LogP) is 3.56.